The number of amides is 1. The molecule has 0 fully saturated rings. The lowest BCUT2D eigenvalue weighted by molar-refractivity contribution is -0.376. The van der Waals surface area contributed by atoms with Crippen LogP contribution in [0.2, 0.25) is 0 Å². The maximum atomic E-state index is 13.2. The molecule has 0 saturated carbocycles. The van der Waals surface area contributed by atoms with Crippen LogP contribution in [-0.2, 0) is 10.4 Å². The van der Waals surface area contributed by atoms with Crippen LogP contribution < -0.4 is 5.32 Å². The lowest BCUT2D eigenvalue weighted by Gasteiger charge is -2.34. The number of nitrogens with one attached hydrogen (secondary N) is 1. The molecule has 10 heteroatoms. The van der Waals surface area contributed by atoms with Crippen molar-refractivity contribution in [1.82, 2.24) is 0 Å². The van der Waals surface area contributed by atoms with Crippen molar-refractivity contribution in [2.45, 2.75) is 24.9 Å². The minimum absolute atomic E-state index is 0.0956. The summed E-state index contributed by atoms with van der Waals surface area (Å²) < 4.78 is 79.0. The van der Waals surface area contributed by atoms with E-state index >= 15 is 0 Å². The zero-order valence-corrected chi connectivity index (χ0v) is 12.5. The smallest absolute Gasteiger partial charge is 0.430 e. The fourth-order valence-corrected chi connectivity index (χ4v) is 2.42. The predicted molar refractivity (Wildman–Crippen MR) is 75.9 cm³/mol. The van der Waals surface area contributed by atoms with E-state index in [1.165, 1.54) is 18.2 Å². The highest BCUT2D eigenvalue weighted by Gasteiger charge is 2.72. The van der Waals surface area contributed by atoms with Gasteiger partial charge in [-0.3, -0.25) is 4.79 Å². The number of benzene rings is 2. The number of phenols is 1. The van der Waals surface area contributed by atoms with E-state index in [0.29, 0.717) is 0 Å². The van der Waals surface area contributed by atoms with Gasteiger partial charge in [0, 0.05) is 23.3 Å². The molecular weight excluding hydrogens is 356 g/mol. The largest absolute Gasteiger partial charge is 0.507 e. The van der Waals surface area contributed by atoms with Gasteiger partial charge in [0.05, 0.1) is 5.69 Å². The van der Waals surface area contributed by atoms with Crippen LogP contribution in [0.3, 0.4) is 0 Å². The first-order valence-electron chi connectivity index (χ1n) is 6.69. The topological polar surface area (TPSA) is 69.6 Å². The third-order valence-electron chi connectivity index (χ3n) is 3.53. The molecule has 4 nitrogen and oxygen atoms in total. The van der Waals surface area contributed by atoms with Crippen LogP contribution in [0.4, 0.5) is 32.0 Å². The van der Waals surface area contributed by atoms with Gasteiger partial charge in [-0.1, -0.05) is 24.3 Å². The van der Waals surface area contributed by atoms with E-state index in [0.717, 1.165) is 13.0 Å². The highest BCUT2D eigenvalue weighted by atomic mass is 19.4. The molecule has 0 bridgehead atoms. The predicted octanol–water partition coefficient (Wildman–Crippen LogP) is 3.82. The number of rotatable bonds is 2. The second-order valence-corrected chi connectivity index (χ2v) is 5.25. The monoisotopic (exact) mass is 367 g/mol. The summed E-state index contributed by atoms with van der Waals surface area (Å²) in [5.41, 5.74) is -7.91. The molecule has 1 amide bonds. The zero-order valence-electron chi connectivity index (χ0n) is 12.5. The SMILES string of the molecule is CC(=O)Nc1c(C(O)(C(F)(F)F)C(F)(F)F)cc(O)c2ccccc12. The van der Waals surface area contributed by atoms with Crippen molar-refractivity contribution >= 4 is 22.4 Å². The Balaban J connectivity index is 2.99. The van der Waals surface area contributed by atoms with Gasteiger partial charge >= 0.3 is 12.4 Å². The second kappa shape index (κ2) is 5.80. The van der Waals surface area contributed by atoms with E-state index in [4.69, 9.17) is 0 Å². The van der Waals surface area contributed by atoms with Crippen molar-refractivity contribution in [3.8, 4) is 5.75 Å². The van der Waals surface area contributed by atoms with E-state index in [1.54, 1.807) is 0 Å². The number of alkyl halides is 6. The Labute approximate surface area is 136 Å². The summed E-state index contributed by atoms with van der Waals surface area (Å²) in [5, 5.41) is 21.0. The number of carbonyl (C=O) groups excluding carboxylic acids is 1. The molecular formula is C15H11F6NO3. The third kappa shape index (κ3) is 2.97. The minimum Gasteiger partial charge on any atom is -0.507 e. The van der Waals surface area contributed by atoms with Crippen LogP contribution in [0.25, 0.3) is 10.8 Å². The first-order valence-corrected chi connectivity index (χ1v) is 6.69. The molecule has 0 aliphatic carbocycles. The van der Waals surface area contributed by atoms with Gasteiger partial charge in [0.15, 0.2) is 0 Å². The number of phenolic OH excluding ortho intramolecular Hbond substituents is 1. The number of halogens is 6. The number of hydrogen-bond acceptors (Lipinski definition) is 3. The third-order valence-corrected chi connectivity index (χ3v) is 3.53. The number of carbonyl (C=O) groups is 1. The van der Waals surface area contributed by atoms with E-state index in [1.807, 2.05) is 5.32 Å². The number of hydrogen-bond donors (Lipinski definition) is 3. The molecule has 25 heavy (non-hydrogen) atoms. The molecule has 0 heterocycles. The average molecular weight is 367 g/mol. The first-order chi connectivity index (χ1) is 11.3. The van der Waals surface area contributed by atoms with Gasteiger partial charge in [0.1, 0.15) is 5.75 Å². The highest BCUT2D eigenvalue weighted by Crippen LogP contribution is 2.54. The number of aromatic hydroxyl groups is 1. The van der Waals surface area contributed by atoms with Crippen molar-refractivity contribution in [3.05, 3.63) is 35.9 Å². The van der Waals surface area contributed by atoms with E-state index in [2.05, 4.69) is 0 Å². The standard InChI is InChI=1S/C15H11F6NO3/c1-7(23)22-12-9-5-3-2-4-8(9)11(24)6-10(12)13(25,14(16,17)18)15(19,20)21/h2-6,24-25H,1H3,(H,22,23). The minimum atomic E-state index is -6.16. The van der Waals surface area contributed by atoms with Crippen molar-refractivity contribution < 1.29 is 41.4 Å². The van der Waals surface area contributed by atoms with Crippen molar-refractivity contribution in [2.75, 3.05) is 5.32 Å². The summed E-state index contributed by atoms with van der Waals surface area (Å²) in [6.45, 7) is 0.881. The molecule has 0 unspecified atom stereocenters. The van der Waals surface area contributed by atoms with Crippen LogP contribution in [0.1, 0.15) is 12.5 Å². The number of aliphatic hydroxyl groups is 1. The van der Waals surface area contributed by atoms with Crippen LogP contribution >= 0.6 is 0 Å². The number of fused-ring (bicyclic) bond motifs is 1. The average Bonchev–Trinajstić information content (AvgIpc) is 2.46. The molecule has 0 spiro atoms. The Bertz CT molecular complexity index is 814. The fraction of sp³-hybridized carbons (Fsp3) is 0.267. The van der Waals surface area contributed by atoms with Gasteiger partial charge in [-0.15, -0.1) is 0 Å². The Morgan fingerprint density at radius 1 is 1.00 bits per heavy atom. The lowest BCUT2D eigenvalue weighted by atomic mass is 9.88. The Hall–Kier alpha value is -2.49. The maximum Gasteiger partial charge on any atom is 0.430 e. The molecule has 0 saturated heterocycles. The molecule has 3 N–H and O–H groups in total. The van der Waals surface area contributed by atoms with Gasteiger partial charge in [-0.25, -0.2) is 0 Å². The van der Waals surface area contributed by atoms with Gasteiger partial charge < -0.3 is 15.5 Å². The summed E-state index contributed by atoms with van der Waals surface area (Å²) in [5.74, 6) is -1.87. The van der Waals surface area contributed by atoms with Crippen LogP contribution in [0.15, 0.2) is 30.3 Å². The quantitative estimate of drug-likeness (QED) is 0.558. The molecule has 0 aliphatic heterocycles. The number of anilines is 1. The molecule has 0 atom stereocenters. The van der Waals surface area contributed by atoms with E-state index < -0.39 is 40.9 Å². The Morgan fingerprint density at radius 2 is 1.48 bits per heavy atom. The van der Waals surface area contributed by atoms with Crippen LogP contribution in [0.5, 0.6) is 5.75 Å². The molecule has 0 radical (unpaired) electrons. The molecule has 0 aliphatic rings. The molecule has 0 aromatic heterocycles. The second-order valence-electron chi connectivity index (χ2n) is 5.25. The summed E-state index contributed by atoms with van der Waals surface area (Å²) in [7, 11) is 0. The fourth-order valence-electron chi connectivity index (χ4n) is 2.42. The summed E-state index contributed by atoms with van der Waals surface area (Å²) >= 11 is 0. The van der Waals surface area contributed by atoms with E-state index in [-0.39, 0.29) is 16.8 Å². The van der Waals surface area contributed by atoms with Crippen molar-refractivity contribution in [3.63, 3.8) is 0 Å². The summed E-state index contributed by atoms with van der Waals surface area (Å²) in [4.78, 5) is 11.3. The van der Waals surface area contributed by atoms with Gasteiger partial charge in [-0.05, 0) is 6.07 Å². The molecule has 2 aromatic carbocycles. The summed E-state index contributed by atoms with van der Waals surface area (Å²) in [6, 6.07) is 5.17. The molecule has 2 aromatic rings. The molecule has 2 rings (SSSR count). The van der Waals surface area contributed by atoms with Crippen LogP contribution in [-0.4, -0.2) is 28.5 Å². The van der Waals surface area contributed by atoms with Crippen LogP contribution in [0, 0.1) is 0 Å². The van der Waals surface area contributed by atoms with E-state index in [9.17, 15) is 41.4 Å². The normalized spacial score (nSPS) is 13.1. The van der Waals surface area contributed by atoms with Gasteiger partial charge in [0.2, 0.25) is 5.91 Å². The highest BCUT2D eigenvalue weighted by molar-refractivity contribution is 6.05. The van der Waals surface area contributed by atoms with Gasteiger partial charge in [0.25, 0.3) is 5.60 Å². The summed E-state index contributed by atoms with van der Waals surface area (Å²) in [6.07, 6.45) is -12.3. The van der Waals surface area contributed by atoms with Crippen molar-refractivity contribution in [2.24, 2.45) is 0 Å². The van der Waals surface area contributed by atoms with Crippen molar-refractivity contribution in [1.29, 1.82) is 0 Å². The Kier molecular flexibility index (Phi) is 4.37. The lowest BCUT2D eigenvalue weighted by Crippen LogP contribution is -2.54. The zero-order chi connectivity index (χ0) is 19.2. The van der Waals surface area contributed by atoms with Gasteiger partial charge in [-0.2, -0.15) is 26.3 Å². The Morgan fingerprint density at radius 3 is 1.92 bits per heavy atom. The first kappa shape index (κ1) is 18.8. The maximum absolute atomic E-state index is 13.2. The molecule has 136 valence electrons.